The van der Waals surface area contributed by atoms with Crippen molar-refractivity contribution in [2.75, 3.05) is 92.7 Å². The van der Waals surface area contributed by atoms with Crippen LogP contribution < -0.4 is 74.0 Å². The smallest absolute Gasteiger partial charge is 0.163 e. The molecule has 0 aliphatic carbocycles. The lowest BCUT2D eigenvalue weighted by Gasteiger charge is -2.19. The van der Waals surface area contributed by atoms with Crippen LogP contribution in [0.2, 0.25) is 5.02 Å². The van der Waals surface area contributed by atoms with Gasteiger partial charge in [-0.3, -0.25) is 27.0 Å². The average Bonchev–Trinajstić information content (AvgIpc) is 1.60. The average molecular weight is 1980 g/mol. The molecule has 16 heterocycles. The van der Waals surface area contributed by atoms with Gasteiger partial charge in [0.15, 0.2) is 69.1 Å². The van der Waals surface area contributed by atoms with E-state index in [0.717, 1.165) is 133 Å². The van der Waals surface area contributed by atoms with E-state index in [2.05, 4.69) is 140 Å². The van der Waals surface area contributed by atoms with Gasteiger partial charge in [0.1, 0.15) is 169 Å². The van der Waals surface area contributed by atoms with Gasteiger partial charge in [0.25, 0.3) is 0 Å². The second-order valence-electron chi connectivity index (χ2n) is 35.0. The number of nitrogens with one attached hydrogen (secondary N) is 5. The highest BCUT2D eigenvalue weighted by Crippen LogP contribution is 2.47. The van der Waals surface area contributed by atoms with E-state index in [1.54, 1.807) is 65.1 Å². The molecule has 27 nitrogen and oxygen atoms in total. The summed E-state index contributed by atoms with van der Waals surface area (Å²) in [5.74, 6) is 6.56. The van der Waals surface area contributed by atoms with Gasteiger partial charge in [0.05, 0.1) is 45.7 Å². The van der Waals surface area contributed by atoms with Crippen molar-refractivity contribution in [1.29, 1.82) is 5.26 Å². The van der Waals surface area contributed by atoms with Gasteiger partial charge in [0.2, 0.25) is 0 Å². The van der Waals surface area contributed by atoms with E-state index in [4.69, 9.17) is 79.2 Å². The van der Waals surface area contributed by atoms with Crippen molar-refractivity contribution in [2.45, 2.75) is 55.4 Å². The van der Waals surface area contributed by atoms with E-state index >= 15 is 0 Å². The molecule has 146 heavy (non-hydrogen) atoms. The number of rotatable bonds is 15. The van der Waals surface area contributed by atoms with Crippen molar-refractivity contribution < 1.29 is 69.3 Å². The molecule has 0 saturated heterocycles. The maximum absolute atomic E-state index is 14.9. The van der Waals surface area contributed by atoms with Crippen LogP contribution in [0.3, 0.4) is 0 Å². The summed E-state index contributed by atoms with van der Waals surface area (Å²) in [6.45, 7) is 21.6. The molecule has 0 unspecified atom stereocenters. The summed E-state index contributed by atoms with van der Waals surface area (Å²) in [5, 5.41) is 26.3. The maximum atomic E-state index is 14.9. The number of hydrogen-bond acceptors (Lipinski definition) is 22. The van der Waals surface area contributed by atoms with Crippen molar-refractivity contribution in [1.82, 2.24) is 51.9 Å². The van der Waals surface area contributed by atoms with E-state index in [1.807, 2.05) is 157 Å². The van der Waals surface area contributed by atoms with Gasteiger partial charge in [-0.15, -0.1) is 0 Å². The largest absolute Gasteiger partial charge is 0.486 e. The molecular weight excluding hydrogens is 1890 g/mol. The van der Waals surface area contributed by atoms with Crippen LogP contribution >= 0.6 is 11.6 Å². The summed E-state index contributed by atoms with van der Waals surface area (Å²) in [6.07, 6.45) is 7.97. The maximum Gasteiger partial charge on any atom is 0.163 e. The van der Waals surface area contributed by atoms with E-state index in [0.29, 0.717) is 151 Å². The topological polar surface area (TPSA) is 276 Å². The Bertz CT molecular complexity index is 8320. The van der Waals surface area contributed by atoms with Gasteiger partial charge in [-0.05, 0) is 222 Å². The minimum absolute atomic E-state index is 0.0972. The number of benzene rings is 9. The first-order chi connectivity index (χ1) is 71.1. The Morgan fingerprint density at radius 2 is 0.637 bits per heavy atom. The molecule has 5 aliphatic rings. The predicted octanol–water partition coefficient (Wildman–Crippen LogP) is 25.7. The number of nitrogens with zero attached hydrogens (tertiary/aromatic N) is 12. The summed E-state index contributed by atoms with van der Waals surface area (Å²) in [7, 11) is 0. The highest BCUT2D eigenvalue weighted by atomic mass is 35.5. The number of halogens is 6. The van der Waals surface area contributed by atoms with Crippen LogP contribution in [0.1, 0.15) is 50.3 Å². The Kier molecular flexibility index (Phi) is 26.2. The Morgan fingerprint density at radius 3 is 1.06 bits per heavy atom. The first kappa shape index (κ1) is 94.3. The summed E-state index contributed by atoms with van der Waals surface area (Å²) < 4.78 is 140. The van der Waals surface area contributed by atoms with Crippen LogP contribution in [-0.2, 0) is 0 Å². The molecule has 11 aromatic heterocycles. The summed E-state index contributed by atoms with van der Waals surface area (Å²) in [4.78, 5) is 27.2. The van der Waals surface area contributed by atoms with Crippen LogP contribution in [0.5, 0.6) is 57.5 Å². The molecule has 9 aromatic carbocycles. The zero-order chi connectivity index (χ0) is 100. The third kappa shape index (κ3) is 19.0. The van der Waals surface area contributed by atoms with Crippen molar-refractivity contribution in [3.05, 3.63) is 352 Å². The van der Waals surface area contributed by atoms with Gasteiger partial charge in [0, 0.05) is 99.9 Å². The minimum Gasteiger partial charge on any atom is -0.486 e. The molecule has 0 spiro atoms. The third-order valence-electron chi connectivity index (χ3n) is 25.0. The van der Waals surface area contributed by atoms with Crippen LogP contribution in [0.15, 0.2) is 268 Å². The zero-order valence-electron chi connectivity index (χ0n) is 80.2. The molecule has 5 N–H and O–H groups in total. The molecule has 25 rings (SSSR count). The fourth-order valence-electron chi connectivity index (χ4n) is 18.2. The van der Waals surface area contributed by atoms with E-state index in [1.165, 1.54) is 33.9 Å². The van der Waals surface area contributed by atoms with E-state index in [-0.39, 0.29) is 33.6 Å². The quantitative estimate of drug-likeness (QED) is 0.0597. The fraction of sp³-hybridized carbons (Fsp3) is 0.159. The molecule has 0 amide bonds. The highest BCUT2D eigenvalue weighted by molar-refractivity contribution is 6.33. The van der Waals surface area contributed by atoms with Crippen molar-refractivity contribution in [3.63, 3.8) is 0 Å². The summed E-state index contributed by atoms with van der Waals surface area (Å²) >= 11 is 6.35. The molecular formula is C113H93ClF5N17O10. The molecule has 732 valence electrons. The van der Waals surface area contributed by atoms with Crippen LogP contribution in [0.4, 0.5) is 79.5 Å². The lowest BCUT2D eigenvalue weighted by atomic mass is 10.00. The normalized spacial score (nSPS) is 12.9. The molecule has 0 atom stereocenters. The Morgan fingerprint density at radius 1 is 0.295 bits per heavy atom. The SMILES string of the molecule is Cc1ccc2nc(-c3c(C)cccc3C)c(Nc3ccc4c(c3)OCCO4)n2c1.Cc1cccc(C)c1-c1nc2ccccn2c1Nc1ccc2c(c1)OCCO2.Cc1cccc2nc(-c3c(F)cc(C#N)cc3F)c(Nc3ccc4c(c3)OCCO4)n12.Cc1cccc2nc(-c3c(F)cncc3F)c(Nc3ccc4c(c3)OCCO4)n12.Cc1cccn2c(Nc3ccc4c(c3)OCCO4)c(-c3c(F)cccc3Cl)nc12. The predicted molar refractivity (Wildman–Crippen MR) is 552 cm³/mol. The summed E-state index contributed by atoms with van der Waals surface area (Å²) in [5.41, 5.74) is 20.8. The lowest BCUT2D eigenvalue weighted by molar-refractivity contribution is 0.171. The third-order valence-corrected chi connectivity index (χ3v) is 25.3. The number of aromatic nitrogens is 11. The fourth-order valence-corrected chi connectivity index (χ4v) is 18.5. The summed E-state index contributed by atoms with van der Waals surface area (Å²) in [6, 6.07) is 74.3. The van der Waals surface area contributed by atoms with Crippen LogP contribution in [0.25, 0.3) is 84.5 Å². The lowest BCUT2D eigenvalue weighted by Crippen LogP contribution is -2.15. The van der Waals surface area contributed by atoms with Crippen LogP contribution in [0, 0.1) is 95.8 Å². The van der Waals surface area contributed by atoms with Gasteiger partial charge in [-0.1, -0.05) is 84.4 Å². The highest BCUT2D eigenvalue weighted by Gasteiger charge is 2.30. The first-order valence-electron chi connectivity index (χ1n) is 47.1. The molecule has 0 bridgehead atoms. The molecule has 20 aromatic rings. The monoisotopic (exact) mass is 1980 g/mol. The Labute approximate surface area is 838 Å². The molecule has 0 saturated carbocycles. The number of pyridine rings is 6. The number of ether oxygens (including phenoxy) is 10. The van der Waals surface area contributed by atoms with E-state index in [9.17, 15) is 22.0 Å². The second kappa shape index (κ2) is 40.6. The number of imidazole rings is 5. The number of anilines is 10. The zero-order valence-corrected chi connectivity index (χ0v) is 80.9. The number of nitriles is 1. The van der Waals surface area contributed by atoms with Crippen molar-refractivity contribution >= 4 is 97.4 Å². The number of fused-ring (bicyclic) bond motifs is 10. The standard InChI is InChI=1S/C24H23N3O2.C23H16F2N4O2.C23H21N3O2.C22H17ClFN3O2.C21H16F2N4O2/c1-15-7-10-21-26-23(22-16(2)5-4-6-17(22)3)24(27(21)14-15)25-18-8-9-19-20(13-18)29-12-11-28-19;1-13-3-2-4-20-28-22(21-16(24)9-14(12-26)10-17(21)25)23(29(13)20)27-15-5-6-18-19(11-15)31-8-7-30-18;1-15-6-5-7-16(2)21(15)22-23(26-11-4-3-8-20(26)25-22)24-17-9-10-18-19(14-17)28-13-12-27-18;1-13-4-3-9-27-21(13)26-20(19-15(23)5-2-6-16(19)24)22(27)25-14-7-8-17-18(12-14)29-11-10-28-17;1-12-3-2-4-18-26-20(19-14(22)10-24-11-15(19)23)21(27(12)18)25-13-5-6-16-17(9-13)29-8-7-28-16/h4-10,13-14,25H,11-12H2,1-3H3;2-6,9-11,27H,7-8H2,1H3;3-11,14,24H,12-13H2,1-2H3;2-9,12,25H,10-11H2,1H3;2-6,9-11,25H,7-8H2,1H3. The molecule has 0 radical (unpaired) electrons. The number of aryl methyl sites for hydroxylation is 8. The van der Waals surface area contributed by atoms with Gasteiger partial charge < -0.3 is 74.0 Å². The van der Waals surface area contributed by atoms with Crippen LogP contribution in [-0.4, -0.2) is 118 Å². The van der Waals surface area contributed by atoms with Gasteiger partial charge in [-0.25, -0.2) is 46.9 Å². The van der Waals surface area contributed by atoms with Crippen molar-refractivity contribution in [3.8, 4) is 120 Å². The van der Waals surface area contributed by atoms with Gasteiger partial charge in [-0.2, -0.15) is 5.26 Å². The molecule has 33 heteroatoms. The molecule has 5 aliphatic heterocycles. The van der Waals surface area contributed by atoms with E-state index < -0.39 is 29.1 Å². The second-order valence-corrected chi connectivity index (χ2v) is 35.4. The first-order valence-corrected chi connectivity index (χ1v) is 47.5. The minimum atomic E-state index is -0.858. The Hall–Kier alpha value is -18.0. The Balaban J connectivity index is 0.000000107. The molecule has 0 fully saturated rings. The number of hydrogen-bond donors (Lipinski definition) is 5. The van der Waals surface area contributed by atoms with Gasteiger partial charge >= 0.3 is 0 Å². The van der Waals surface area contributed by atoms with Crippen molar-refractivity contribution in [2.24, 2.45) is 0 Å².